The van der Waals surface area contributed by atoms with Gasteiger partial charge in [0, 0.05) is 23.1 Å². The maximum Gasteiger partial charge on any atom is 0.122 e. The maximum absolute atomic E-state index is 5.36. The van der Waals surface area contributed by atoms with Crippen LogP contribution in [0.3, 0.4) is 0 Å². The third kappa shape index (κ3) is 3.93. The zero-order chi connectivity index (χ0) is 11.9. The highest BCUT2D eigenvalue weighted by atomic mass is 32.2. The van der Waals surface area contributed by atoms with Gasteiger partial charge in [0.15, 0.2) is 0 Å². The minimum atomic E-state index is 0.712. The monoisotopic (exact) mass is 251 g/mol. The summed E-state index contributed by atoms with van der Waals surface area (Å²) in [6.45, 7) is 1.19. The van der Waals surface area contributed by atoms with Gasteiger partial charge in [-0.25, -0.2) is 0 Å². The second kappa shape index (κ2) is 6.92. The van der Waals surface area contributed by atoms with E-state index in [9.17, 15) is 0 Å². The van der Waals surface area contributed by atoms with Crippen molar-refractivity contribution >= 4 is 11.8 Å². The minimum absolute atomic E-state index is 0.712. The van der Waals surface area contributed by atoms with E-state index < -0.39 is 0 Å². The van der Waals surface area contributed by atoms with Gasteiger partial charge in [-0.15, -0.1) is 0 Å². The van der Waals surface area contributed by atoms with E-state index >= 15 is 0 Å². The SMILES string of the molecule is COc1ccccc1CSCC1CCCCN1. The Morgan fingerprint density at radius 2 is 2.24 bits per heavy atom. The Morgan fingerprint density at radius 1 is 1.35 bits per heavy atom. The Hall–Kier alpha value is -0.670. The molecule has 1 unspecified atom stereocenters. The fourth-order valence-corrected chi connectivity index (χ4v) is 3.34. The van der Waals surface area contributed by atoms with E-state index in [2.05, 4.69) is 17.4 Å². The molecule has 1 aliphatic heterocycles. The summed E-state index contributed by atoms with van der Waals surface area (Å²) in [7, 11) is 1.74. The van der Waals surface area contributed by atoms with E-state index in [1.807, 2.05) is 23.9 Å². The summed E-state index contributed by atoms with van der Waals surface area (Å²) in [5.41, 5.74) is 1.30. The fraction of sp³-hybridized carbons (Fsp3) is 0.571. The molecule has 0 bridgehead atoms. The van der Waals surface area contributed by atoms with Crippen LogP contribution in [0.15, 0.2) is 24.3 Å². The van der Waals surface area contributed by atoms with Crippen molar-refractivity contribution < 1.29 is 4.74 Å². The van der Waals surface area contributed by atoms with E-state index in [1.54, 1.807) is 7.11 Å². The molecule has 0 radical (unpaired) electrons. The molecule has 1 saturated heterocycles. The molecule has 1 heterocycles. The van der Waals surface area contributed by atoms with Crippen LogP contribution < -0.4 is 10.1 Å². The summed E-state index contributed by atoms with van der Waals surface area (Å²) < 4.78 is 5.36. The topological polar surface area (TPSA) is 21.3 Å². The number of para-hydroxylation sites is 1. The molecule has 94 valence electrons. The van der Waals surface area contributed by atoms with Crippen molar-refractivity contribution in [1.82, 2.24) is 5.32 Å². The summed E-state index contributed by atoms with van der Waals surface area (Å²) in [4.78, 5) is 0. The average molecular weight is 251 g/mol. The molecule has 1 aromatic rings. The van der Waals surface area contributed by atoms with Crippen LogP contribution in [-0.4, -0.2) is 25.4 Å². The van der Waals surface area contributed by atoms with Crippen molar-refractivity contribution in [2.45, 2.75) is 31.1 Å². The summed E-state index contributed by atoms with van der Waals surface area (Å²) in [5.74, 6) is 3.26. The molecule has 0 amide bonds. The number of piperidine rings is 1. The minimum Gasteiger partial charge on any atom is -0.496 e. The zero-order valence-corrected chi connectivity index (χ0v) is 11.3. The lowest BCUT2D eigenvalue weighted by Crippen LogP contribution is -2.35. The maximum atomic E-state index is 5.36. The van der Waals surface area contributed by atoms with Gasteiger partial charge in [-0.3, -0.25) is 0 Å². The van der Waals surface area contributed by atoms with E-state index in [1.165, 1.54) is 37.1 Å². The molecule has 1 N–H and O–H groups in total. The normalized spacial score (nSPS) is 20.2. The van der Waals surface area contributed by atoms with E-state index in [0.717, 1.165) is 11.5 Å². The number of nitrogens with one attached hydrogen (secondary N) is 1. The molecular weight excluding hydrogens is 230 g/mol. The Bertz CT molecular complexity index is 337. The molecule has 0 spiro atoms. The molecule has 2 nitrogen and oxygen atoms in total. The highest BCUT2D eigenvalue weighted by molar-refractivity contribution is 7.98. The van der Waals surface area contributed by atoms with E-state index in [-0.39, 0.29) is 0 Å². The third-order valence-electron chi connectivity index (χ3n) is 3.18. The molecule has 3 heteroatoms. The van der Waals surface area contributed by atoms with Gasteiger partial charge >= 0.3 is 0 Å². The van der Waals surface area contributed by atoms with Crippen molar-refractivity contribution in [2.75, 3.05) is 19.4 Å². The zero-order valence-electron chi connectivity index (χ0n) is 10.4. The van der Waals surface area contributed by atoms with Crippen LogP contribution in [0.1, 0.15) is 24.8 Å². The summed E-state index contributed by atoms with van der Waals surface area (Å²) in [6, 6.07) is 9.01. The molecular formula is C14H21NOS. The smallest absolute Gasteiger partial charge is 0.122 e. The molecule has 0 aromatic heterocycles. The van der Waals surface area contributed by atoms with Crippen molar-refractivity contribution in [3.05, 3.63) is 29.8 Å². The quantitative estimate of drug-likeness (QED) is 0.869. The predicted octanol–water partition coefficient (Wildman–Crippen LogP) is 3.07. The lowest BCUT2D eigenvalue weighted by atomic mass is 10.1. The third-order valence-corrected chi connectivity index (χ3v) is 4.33. The van der Waals surface area contributed by atoms with Gasteiger partial charge in [-0.2, -0.15) is 11.8 Å². The van der Waals surface area contributed by atoms with Gasteiger partial charge < -0.3 is 10.1 Å². The summed E-state index contributed by atoms with van der Waals surface area (Å²) >= 11 is 2.00. The van der Waals surface area contributed by atoms with Crippen molar-refractivity contribution in [1.29, 1.82) is 0 Å². The highest BCUT2D eigenvalue weighted by Gasteiger charge is 2.12. The van der Waals surface area contributed by atoms with Crippen LogP contribution in [0, 0.1) is 0 Å². The van der Waals surface area contributed by atoms with Gasteiger partial charge in [0.25, 0.3) is 0 Å². The first kappa shape index (κ1) is 12.8. The highest BCUT2D eigenvalue weighted by Crippen LogP contribution is 2.23. The first-order valence-corrected chi connectivity index (χ1v) is 7.48. The van der Waals surface area contributed by atoms with E-state index in [4.69, 9.17) is 4.74 Å². The van der Waals surface area contributed by atoms with Crippen LogP contribution in [0.2, 0.25) is 0 Å². The summed E-state index contributed by atoms with van der Waals surface area (Å²) in [5, 5.41) is 3.58. The number of hydrogen-bond acceptors (Lipinski definition) is 3. The average Bonchev–Trinajstić information content (AvgIpc) is 2.40. The molecule has 1 aromatic carbocycles. The number of benzene rings is 1. The molecule has 0 aliphatic carbocycles. The standard InChI is InChI=1S/C14H21NOS/c1-16-14-8-3-2-6-12(14)10-17-11-13-7-4-5-9-15-13/h2-3,6,8,13,15H,4-5,7,9-11H2,1H3. The van der Waals surface area contributed by atoms with Gasteiger partial charge in [0.2, 0.25) is 0 Å². The Balaban J connectivity index is 1.77. The first-order valence-electron chi connectivity index (χ1n) is 6.33. The Kier molecular flexibility index (Phi) is 5.20. The van der Waals surface area contributed by atoms with E-state index in [0.29, 0.717) is 6.04 Å². The molecule has 1 aliphatic rings. The van der Waals surface area contributed by atoms with Gasteiger partial charge in [-0.1, -0.05) is 24.6 Å². The second-order valence-corrected chi connectivity index (χ2v) is 5.50. The molecule has 1 fully saturated rings. The van der Waals surface area contributed by atoms with Gasteiger partial charge in [0.1, 0.15) is 5.75 Å². The molecule has 1 atom stereocenters. The summed E-state index contributed by atoms with van der Waals surface area (Å²) in [6.07, 6.45) is 4.06. The largest absolute Gasteiger partial charge is 0.496 e. The molecule has 2 rings (SSSR count). The Labute approximate surface area is 108 Å². The Morgan fingerprint density at radius 3 is 3.00 bits per heavy atom. The van der Waals surface area contributed by atoms with Gasteiger partial charge in [0.05, 0.1) is 7.11 Å². The molecule has 17 heavy (non-hydrogen) atoms. The van der Waals surface area contributed by atoms with Crippen molar-refractivity contribution in [3.63, 3.8) is 0 Å². The number of hydrogen-bond donors (Lipinski definition) is 1. The van der Waals surface area contributed by atoms with Crippen molar-refractivity contribution in [2.24, 2.45) is 0 Å². The van der Waals surface area contributed by atoms with Crippen LogP contribution >= 0.6 is 11.8 Å². The molecule has 0 saturated carbocycles. The lowest BCUT2D eigenvalue weighted by Gasteiger charge is -2.23. The van der Waals surface area contributed by atoms with Gasteiger partial charge in [-0.05, 0) is 25.5 Å². The van der Waals surface area contributed by atoms with Crippen LogP contribution in [-0.2, 0) is 5.75 Å². The number of methoxy groups -OCH3 is 1. The number of ether oxygens (including phenoxy) is 1. The lowest BCUT2D eigenvalue weighted by molar-refractivity contribution is 0.411. The first-order chi connectivity index (χ1) is 8.40. The van der Waals surface area contributed by atoms with Crippen molar-refractivity contribution in [3.8, 4) is 5.75 Å². The van der Waals surface area contributed by atoms with Crippen LogP contribution in [0.4, 0.5) is 0 Å². The second-order valence-electron chi connectivity index (χ2n) is 4.47. The van der Waals surface area contributed by atoms with Crippen LogP contribution in [0.5, 0.6) is 5.75 Å². The van der Waals surface area contributed by atoms with Crippen LogP contribution in [0.25, 0.3) is 0 Å². The fourth-order valence-electron chi connectivity index (χ4n) is 2.20. The number of rotatable bonds is 5. The predicted molar refractivity (Wildman–Crippen MR) is 74.8 cm³/mol. The number of thioether (sulfide) groups is 1.